The lowest BCUT2D eigenvalue weighted by Crippen LogP contribution is -2.53. The third-order valence-electron chi connectivity index (χ3n) is 3.53. The first kappa shape index (κ1) is 15.8. The normalized spacial score (nSPS) is 22.5. The van der Waals surface area contributed by atoms with E-state index in [1.165, 1.54) is 0 Å². The van der Waals surface area contributed by atoms with Gasteiger partial charge >= 0.3 is 0 Å². The summed E-state index contributed by atoms with van der Waals surface area (Å²) in [6.07, 6.45) is 1.68. The Morgan fingerprint density at radius 1 is 1.29 bits per heavy atom. The molecule has 21 heavy (non-hydrogen) atoms. The molecule has 0 radical (unpaired) electrons. The van der Waals surface area contributed by atoms with E-state index in [2.05, 4.69) is 9.97 Å². The maximum Gasteiger partial charge on any atom is 0.232 e. The third kappa shape index (κ3) is 3.95. The molecule has 0 bridgehead atoms. The van der Waals surface area contributed by atoms with E-state index in [9.17, 15) is 5.11 Å². The zero-order valence-corrected chi connectivity index (χ0v) is 13.2. The van der Waals surface area contributed by atoms with E-state index in [1.54, 1.807) is 20.3 Å². The van der Waals surface area contributed by atoms with Gasteiger partial charge in [-0.1, -0.05) is 0 Å². The minimum atomic E-state index is -0.749. The molecule has 1 aromatic rings. The highest BCUT2D eigenvalue weighted by Gasteiger charge is 2.35. The fourth-order valence-electron chi connectivity index (χ4n) is 2.74. The molecule has 0 spiro atoms. The molecule has 118 valence electrons. The lowest BCUT2D eigenvalue weighted by Gasteiger charge is -2.40. The van der Waals surface area contributed by atoms with Crippen LogP contribution < -0.4 is 14.4 Å². The van der Waals surface area contributed by atoms with Crippen LogP contribution in [0.15, 0.2) is 6.07 Å². The number of nitrogens with zero attached hydrogens (tertiary/aromatic N) is 4. The van der Waals surface area contributed by atoms with Gasteiger partial charge in [0, 0.05) is 13.1 Å². The molecule has 0 amide bonds. The highest BCUT2D eigenvalue weighted by Crippen LogP contribution is 2.27. The van der Waals surface area contributed by atoms with Crippen molar-refractivity contribution >= 4 is 5.95 Å². The molecule has 1 fully saturated rings. The standard InChI is InChI=1S/C14H24N4O3/c1-17(2)9-14(19)6-5-7-18(10-14)13-15-11(20-3)8-12(16-13)21-4/h8,19H,5-7,9-10H2,1-4H3. The van der Waals surface area contributed by atoms with Gasteiger partial charge < -0.3 is 24.4 Å². The van der Waals surface area contributed by atoms with Crippen LogP contribution in [0.5, 0.6) is 11.8 Å². The van der Waals surface area contributed by atoms with E-state index in [0.717, 1.165) is 19.4 Å². The zero-order valence-electron chi connectivity index (χ0n) is 13.2. The number of hydrogen-bond acceptors (Lipinski definition) is 7. The Balaban J connectivity index is 2.21. The monoisotopic (exact) mass is 296 g/mol. The van der Waals surface area contributed by atoms with Gasteiger partial charge in [-0.2, -0.15) is 9.97 Å². The molecule has 1 saturated heterocycles. The number of anilines is 1. The Kier molecular flexibility index (Phi) is 4.84. The van der Waals surface area contributed by atoms with Crippen LogP contribution >= 0.6 is 0 Å². The van der Waals surface area contributed by atoms with E-state index in [4.69, 9.17) is 9.47 Å². The molecular formula is C14H24N4O3. The van der Waals surface area contributed by atoms with E-state index in [-0.39, 0.29) is 0 Å². The van der Waals surface area contributed by atoms with Gasteiger partial charge in [-0.15, -0.1) is 0 Å². The molecule has 2 rings (SSSR count). The minimum absolute atomic E-state index is 0.457. The highest BCUT2D eigenvalue weighted by atomic mass is 16.5. The van der Waals surface area contributed by atoms with Gasteiger partial charge in [-0.3, -0.25) is 0 Å². The van der Waals surface area contributed by atoms with Crippen LogP contribution in [0, 0.1) is 0 Å². The minimum Gasteiger partial charge on any atom is -0.481 e. The molecule has 0 aromatic carbocycles. The van der Waals surface area contributed by atoms with Crippen LogP contribution in [0.2, 0.25) is 0 Å². The van der Waals surface area contributed by atoms with E-state index in [0.29, 0.717) is 30.8 Å². The Morgan fingerprint density at radius 3 is 2.43 bits per heavy atom. The van der Waals surface area contributed by atoms with E-state index < -0.39 is 5.60 Å². The maximum atomic E-state index is 10.7. The summed E-state index contributed by atoms with van der Waals surface area (Å²) in [7, 11) is 7.04. The van der Waals surface area contributed by atoms with Crippen LogP contribution in [-0.4, -0.2) is 73.5 Å². The second kappa shape index (κ2) is 6.44. The molecule has 7 nitrogen and oxygen atoms in total. The van der Waals surface area contributed by atoms with E-state index >= 15 is 0 Å². The smallest absolute Gasteiger partial charge is 0.232 e. The average molecular weight is 296 g/mol. The summed E-state index contributed by atoms with van der Waals surface area (Å²) in [4.78, 5) is 12.7. The van der Waals surface area contributed by atoms with Gasteiger partial charge in [-0.05, 0) is 26.9 Å². The van der Waals surface area contributed by atoms with Crippen molar-refractivity contribution < 1.29 is 14.6 Å². The number of likely N-dealkylation sites (N-methyl/N-ethyl adjacent to an activating group) is 1. The van der Waals surface area contributed by atoms with Gasteiger partial charge in [0.2, 0.25) is 17.7 Å². The van der Waals surface area contributed by atoms with Gasteiger partial charge in [0.25, 0.3) is 0 Å². The Labute approximate surface area is 125 Å². The summed E-state index contributed by atoms with van der Waals surface area (Å²) in [6, 6.07) is 1.64. The number of piperidine rings is 1. The summed E-state index contributed by atoms with van der Waals surface area (Å²) >= 11 is 0. The first-order valence-electron chi connectivity index (χ1n) is 7.05. The molecule has 7 heteroatoms. The van der Waals surface area contributed by atoms with Crippen molar-refractivity contribution in [2.45, 2.75) is 18.4 Å². The summed E-state index contributed by atoms with van der Waals surface area (Å²) < 4.78 is 10.4. The van der Waals surface area contributed by atoms with Crippen molar-refractivity contribution in [3.63, 3.8) is 0 Å². The summed E-state index contributed by atoms with van der Waals surface area (Å²) in [5.41, 5.74) is -0.749. The molecule has 1 aliphatic heterocycles. The maximum absolute atomic E-state index is 10.7. The van der Waals surface area contributed by atoms with Crippen LogP contribution in [-0.2, 0) is 0 Å². The Morgan fingerprint density at radius 2 is 1.90 bits per heavy atom. The predicted molar refractivity (Wildman–Crippen MR) is 80.1 cm³/mol. The Bertz CT molecular complexity index is 461. The fourth-order valence-corrected chi connectivity index (χ4v) is 2.74. The van der Waals surface area contributed by atoms with Crippen molar-refractivity contribution in [3.05, 3.63) is 6.07 Å². The molecule has 1 aliphatic rings. The van der Waals surface area contributed by atoms with Crippen LogP contribution in [0.25, 0.3) is 0 Å². The van der Waals surface area contributed by atoms with Gasteiger partial charge in [0.1, 0.15) is 0 Å². The quantitative estimate of drug-likeness (QED) is 0.842. The first-order chi connectivity index (χ1) is 9.95. The second-order valence-corrected chi connectivity index (χ2v) is 5.74. The van der Waals surface area contributed by atoms with E-state index in [1.807, 2.05) is 23.9 Å². The first-order valence-corrected chi connectivity index (χ1v) is 7.05. The largest absolute Gasteiger partial charge is 0.481 e. The van der Waals surface area contributed by atoms with Gasteiger partial charge in [0.15, 0.2) is 0 Å². The summed E-state index contributed by atoms with van der Waals surface area (Å²) in [6.45, 7) is 1.93. The molecule has 0 aliphatic carbocycles. The predicted octanol–water partition coefficient (Wildman–Crippen LogP) is 0.387. The molecule has 2 heterocycles. The highest BCUT2D eigenvalue weighted by molar-refractivity contribution is 5.38. The molecule has 1 unspecified atom stereocenters. The molecular weight excluding hydrogens is 272 g/mol. The second-order valence-electron chi connectivity index (χ2n) is 5.74. The Hall–Kier alpha value is -1.60. The van der Waals surface area contributed by atoms with Crippen LogP contribution in [0.1, 0.15) is 12.8 Å². The number of β-amino-alcohol motifs (C(OH)–C–C–N with tert-alkyl or cyclic N) is 1. The van der Waals surface area contributed by atoms with Crippen LogP contribution in [0.3, 0.4) is 0 Å². The number of rotatable bonds is 5. The SMILES string of the molecule is COc1cc(OC)nc(N2CCCC(O)(CN(C)C)C2)n1. The average Bonchev–Trinajstić information content (AvgIpc) is 2.45. The van der Waals surface area contributed by atoms with Gasteiger partial charge in [-0.25, -0.2) is 0 Å². The topological polar surface area (TPSA) is 71.0 Å². The van der Waals surface area contributed by atoms with Crippen molar-refractivity contribution in [1.29, 1.82) is 0 Å². The number of ether oxygens (including phenoxy) is 2. The van der Waals surface area contributed by atoms with Crippen molar-refractivity contribution in [2.24, 2.45) is 0 Å². The van der Waals surface area contributed by atoms with Gasteiger partial charge in [0.05, 0.1) is 32.4 Å². The number of aromatic nitrogens is 2. The molecule has 1 atom stereocenters. The molecule has 1 aromatic heterocycles. The lowest BCUT2D eigenvalue weighted by molar-refractivity contribution is 0.00328. The van der Waals surface area contributed by atoms with Crippen molar-refractivity contribution in [1.82, 2.24) is 14.9 Å². The summed E-state index contributed by atoms with van der Waals surface area (Å²) in [5, 5.41) is 10.7. The van der Waals surface area contributed by atoms with Crippen LogP contribution in [0.4, 0.5) is 5.95 Å². The number of methoxy groups -OCH3 is 2. The summed E-state index contributed by atoms with van der Waals surface area (Å²) in [5.74, 6) is 1.44. The molecule has 1 N–H and O–H groups in total. The lowest BCUT2D eigenvalue weighted by atomic mass is 9.92. The van der Waals surface area contributed by atoms with Crippen molar-refractivity contribution in [2.75, 3.05) is 52.8 Å². The zero-order chi connectivity index (χ0) is 15.5. The molecule has 0 saturated carbocycles. The third-order valence-corrected chi connectivity index (χ3v) is 3.53. The number of aliphatic hydroxyl groups is 1. The fraction of sp³-hybridized carbons (Fsp3) is 0.714. The van der Waals surface area contributed by atoms with Crippen molar-refractivity contribution in [3.8, 4) is 11.8 Å². The number of hydrogen-bond donors (Lipinski definition) is 1.